The average molecular weight is 293 g/mol. The topological polar surface area (TPSA) is 50.7 Å². The van der Waals surface area contributed by atoms with Crippen molar-refractivity contribution in [2.45, 2.75) is 38.3 Å². The Bertz CT molecular complexity index is 401. The second-order valence-corrected chi connectivity index (χ2v) is 5.67. The third kappa shape index (κ3) is 4.70. The lowest BCUT2D eigenvalue weighted by molar-refractivity contribution is 0.0509. The van der Waals surface area contributed by atoms with Gasteiger partial charge in [0.25, 0.3) is 0 Å². The molecule has 1 aliphatic heterocycles. The largest absolute Gasteiger partial charge is 0.497 e. The van der Waals surface area contributed by atoms with Crippen LogP contribution < -0.4 is 10.1 Å². The van der Waals surface area contributed by atoms with Crippen LogP contribution in [-0.4, -0.2) is 38.1 Å². The molecule has 1 heterocycles. The molecule has 2 atom stereocenters. The monoisotopic (exact) mass is 293 g/mol. The van der Waals surface area contributed by atoms with Crippen molar-refractivity contribution in [3.8, 4) is 5.75 Å². The molecule has 1 aromatic rings. The predicted molar refractivity (Wildman–Crippen MR) is 83.6 cm³/mol. The Morgan fingerprint density at radius 2 is 1.95 bits per heavy atom. The highest BCUT2D eigenvalue weighted by Gasteiger charge is 2.25. The quantitative estimate of drug-likeness (QED) is 0.811. The van der Waals surface area contributed by atoms with Crippen LogP contribution in [0.5, 0.6) is 5.75 Å². The first-order valence-corrected chi connectivity index (χ1v) is 7.87. The highest BCUT2D eigenvalue weighted by molar-refractivity contribution is 5.29. The molecule has 0 aromatic heterocycles. The lowest BCUT2D eigenvalue weighted by Gasteiger charge is -2.32. The van der Waals surface area contributed by atoms with Crippen molar-refractivity contribution < 1.29 is 14.6 Å². The summed E-state index contributed by atoms with van der Waals surface area (Å²) in [4.78, 5) is 0. The Kier molecular flexibility index (Phi) is 6.49. The lowest BCUT2D eigenvalue weighted by Crippen LogP contribution is -2.36. The molecule has 0 aliphatic carbocycles. The molecule has 118 valence electrons. The minimum atomic E-state index is -0.286. The summed E-state index contributed by atoms with van der Waals surface area (Å²) in [6.07, 6.45) is 2.61. The summed E-state index contributed by atoms with van der Waals surface area (Å²) in [6.45, 7) is 4.29. The molecule has 0 radical (unpaired) electrons. The second kappa shape index (κ2) is 8.37. The summed E-state index contributed by atoms with van der Waals surface area (Å²) in [5.41, 5.74) is 1.26. The van der Waals surface area contributed by atoms with Gasteiger partial charge in [-0.15, -0.1) is 0 Å². The molecule has 2 N–H and O–H groups in total. The molecule has 4 heteroatoms. The number of aliphatic hydroxyl groups excluding tert-OH is 1. The van der Waals surface area contributed by atoms with Gasteiger partial charge < -0.3 is 19.9 Å². The molecule has 0 amide bonds. The highest BCUT2D eigenvalue weighted by atomic mass is 16.5. The summed E-state index contributed by atoms with van der Waals surface area (Å²) in [5, 5.41) is 13.4. The van der Waals surface area contributed by atoms with Crippen LogP contribution in [0.25, 0.3) is 0 Å². The zero-order valence-corrected chi connectivity index (χ0v) is 13.0. The van der Waals surface area contributed by atoms with Crippen LogP contribution in [0.15, 0.2) is 24.3 Å². The molecule has 21 heavy (non-hydrogen) atoms. The van der Waals surface area contributed by atoms with Crippen LogP contribution in [-0.2, 0) is 4.74 Å². The number of hydrogen-bond donors (Lipinski definition) is 2. The van der Waals surface area contributed by atoms with E-state index in [2.05, 4.69) is 17.4 Å². The molecule has 2 unspecified atom stereocenters. The first kappa shape index (κ1) is 16.3. The Hall–Kier alpha value is -1.10. The third-order valence-electron chi connectivity index (χ3n) is 4.26. The minimum Gasteiger partial charge on any atom is -0.497 e. The first-order valence-electron chi connectivity index (χ1n) is 7.87. The minimum absolute atomic E-state index is 0.265. The van der Waals surface area contributed by atoms with Crippen LogP contribution in [0.2, 0.25) is 0 Å². The van der Waals surface area contributed by atoms with Gasteiger partial charge in [0, 0.05) is 25.8 Å². The van der Waals surface area contributed by atoms with Gasteiger partial charge in [0.15, 0.2) is 0 Å². The van der Waals surface area contributed by atoms with Crippen molar-refractivity contribution in [1.82, 2.24) is 5.32 Å². The van der Waals surface area contributed by atoms with E-state index in [9.17, 15) is 5.11 Å². The van der Waals surface area contributed by atoms with Crippen molar-refractivity contribution in [3.63, 3.8) is 0 Å². The fraction of sp³-hybridized carbons (Fsp3) is 0.647. The maximum Gasteiger partial charge on any atom is 0.118 e. The molecule has 0 bridgehead atoms. The number of ether oxygens (including phenoxy) is 2. The third-order valence-corrected chi connectivity index (χ3v) is 4.26. The van der Waals surface area contributed by atoms with E-state index in [1.165, 1.54) is 5.56 Å². The normalized spacial score (nSPS) is 19.2. The van der Waals surface area contributed by atoms with Gasteiger partial charge in [0.1, 0.15) is 5.75 Å². The van der Waals surface area contributed by atoms with E-state index in [4.69, 9.17) is 9.47 Å². The molecule has 0 saturated carbocycles. The Morgan fingerprint density at radius 1 is 1.29 bits per heavy atom. The fourth-order valence-corrected chi connectivity index (χ4v) is 2.82. The van der Waals surface area contributed by atoms with Crippen LogP contribution in [0.4, 0.5) is 0 Å². The summed E-state index contributed by atoms with van der Waals surface area (Å²) < 4.78 is 10.7. The van der Waals surface area contributed by atoms with E-state index < -0.39 is 0 Å². The molecule has 0 spiro atoms. The molecular weight excluding hydrogens is 266 g/mol. The summed E-state index contributed by atoms with van der Waals surface area (Å²) in [7, 11) is 1.68. The standard InChI is InChI=1S/C17H27NO3/c1-3-15(19)12-18-17(14-8-10-21-11-9-14)13-4-6-16(20-2)7-5-13/h4-7,14-15,17-19H,3,8-12H2,1-2H3. The van der Waals surface area contributed by atoms with E-state index in [-0.39, 0.29) is 12.1 Å². The summed E-state index contributed by atoms with van der Waals surface area (Å²) >= 11 is 0. The number of aliphatic hydroxyl groups is 1. The summed E-state index contributed by atoms with van der Waals surface area (Å²) in [5.74, 6) is 1.43. The Morgan fingerprint density at radius 3 is 2.52 bits per heavy atom. The number of methoxy groups -OCH3 is 1. The molecule has 1 aliphatic rings. The fourth-order valence-electron chi connectivity index (χ4n) is 2.82. The number of nitrogens with one attached hydrogen (secondary N) is 1. The van der Waals surface area contributed by atoms with E-state index >= 15 is 0 Å². The summed E-state index contributed by atoms with van der Waals surface area (Å²) in [6, 6.07) is 8.49. The number of rotatable bonds is 7. The van der Waals surface area contributed by atoms with Gasteiger partial charge in [-0.05, 0) is 42.9 Å². The van der Waals surface area contributed by atoms with E-state index in [1.807, 2.05) is 19.1 Å². The van der Waals surface area contributed by atoms with Crippen molar-refractivity contribution in [3.05, 3.63) is 29.8 Å². The molecule has 2 rings (SSSR count). The Balaban J connectivity index is 2.08. The van der Waals surface area contributed by atoms with Crippen molar-refractivity contribution in [1.29, 1.82) is 0 Å². The van der Waals surface area contributed by atoms with Gasteiger partial charge in [0.05, 0.1) is 13.2 Å². The van der Waals surface area contributed by atoms with Crippen LogP contribution in [0, 0.1) is 5.92 Å². The van der Waals surface area contributed by atoms with Gasteiger partial charge in [0.2, 0.25) is 0 Å². The van der Waals surface area contributed by atoms with Gasteiger partial charge in [-0.25, -0.2) is 0 Å². The lowest BCUT2D eigenvalue weighted by atomic mass is 9.87. The first-order chi connectivity index (χ1) is 10.2. The van der Waals surface area contributed by atoms with Gasteiger partial charge >= 0.3 is 0 Å². The smallest absolute Gasteiger partial charge is 0.118 e. The van der Waals surface area contributed by atoms with Gasteiger partial charge in [-0.2, -0.15) is 0 Å². The van der Waals surface area contributed by atoms with Crippen molar-refractivity contribution in [2.75, 3.05) is 26.9 Å². The SMILES string of the molecule is CCC(O)CNC(c1ccc(OC)cc1)C1CCOCC1. The van der Waals surface area contributed by atoms with E-state index in [1.54, 1.807) is 7.11 Å². The van der Waals surface area contributed by atoms with Crippen LogP contribution in [0.1, 0.15) is 37.8 Å². The number of benzene rings is 1. The van der Waals surface area contributed by atoms with Crippen molar-refractivity contribution >= 4 is 0 Å². The van der Waals surface area contributed by atoms with Crippen LogP contribution in [0.3, 0.4) is 0 Å². The molecule has 1 fully saturated rings. The van der Waals surface area contributed by atoms with Gasteiger partial charge in [-0.3, -0.25) is 0 Å². The molecule has 1 aromatic carbocycles. The van der Waals surface area contributed by atoms with Crippen molar-refractivity contribution in [2.24, 2.45) is 5.92 Å². The Labute approximate surface area is 127 Å². The predicted octanol–water partition coefficient (Wildman–Crippen LogP) is 2.52. The zero-order valence-electron chi connectivity index (χ0n) is 13.0. The average Bonchev–Trinajstić information content (AvgIpc) is 2.56. The maximum absolute atomic E-state index is 9.83. The van der Waals surface area contributed by atoms with E-state index in [0.29, 0.717) is 12.5 Å². The second-order valence-electron chi connectivity index (χ2n) is 5.67. The van der Waals surface area contributed by atoms with Gasteiger partial charge in [-0.1, -0.05) is 19.1 Å². The number of hydrogen-bond acceptors (Lipinski definition) is 4. The maximum atomic E-state index is 9.83. The van der Waals surface area contributed by atoms with Crippen LogP contribution >= 0.6 is 0 Å². The molecule has 4 nitrogen and oxygen atoms in total. The van der Waals surface area contributed by atoms with E-state index in [0.717, 1.165) is 38.2 Å². The highest BCUT2D eigenvalue weighted by Crippen LogP contribution is 2.31. The zero-order chi connectivity index (χ0) is 15.1. The molecular formula is C17H27NO3. The molecule has 1 saturated heterocycles.